The van der Waals surface area contributed by atoms with Crippen LogP contribution in [0.15, 0.2) is 11.6 Å². The first-order valence-electron chi connectivity index (χ1n) is 7.38. The average Bonchev–Trinajstić information content (AvgIpc) is 2.97. The van der Waals surface area contributed by atoms with Gasteiger partial charge in [-0.1, -0.05) is 19.9 Å². The van der Waals surface area contributed by atoms with E-state index in [0.717, 1.165) is 25.1 Å². The summed E-state index contributed by atoms with van der Waals surface area (Å²) in [7, 11) is 0. The van der Waals surface area contributed by atoms with Gasteiger partial charge in [-0.2, -0.15) is 0 Å². The van der Waals surface area contributed by atoms with Crippen LogP contribution in [0.3, 0.4) is 0 Å². The number of aliphatic hydroxyl groups excluding tert-OH is 1. The molecule has 3 atom stereocenters. The molecule has 2 heterocycles. The van der Waals surface area contributed by atoms with Crippen molar-refractivity contribution in [2.24, 2.45) is 5.92 Å². The highest BCUT2D eigenvalue weighted by atomic mass is 16.6. The zero-order valence-electron chi connectivity index (χ0n) is 12.5. The number of carbonyl (C=O) groups excluding carboxylic acids is 1. The van der Waals surface area contributed by atoms with E-state index in [0.29, 0.717) is 6.04 Å². The van der Waals surface area contributed by atoms with Crippen molar-refractivity contribution in [2.75, 3.05) is 19.7 Å². The van der Waals surface area contributed by atoms with Gasteiger partial charge < -0.3 is 14.9 Å². The summed E-state index contributed by atoms with van der Waals surface area (Å²) in [5, 5.41) is 20.0. The predicted molar refractivity (Wildman–Crippen MR) is 75.1 cm³/mol. The van der Waals surface area contributed by atoms with E-state index >= 15 is 0 Å². The number of aliphatic hydroxyl groups is 2. The van der Waals surface area contributed by atoms with Gasteiger partial charge in [0.25, 0.3) is 0 Å². The molecule has 0 aliphatic carbocycles. The molecule has 2 aliphatic heterocycles. The zero-order chi connectivity index (χ0) is 14.9. The normalized spacial score (nSPS) is 27.1. The fourth-order valence-corrected chi connectivity index (χ4v) is 3.14. The van der Waals surface area contributed by atoms with Gasteiger partial charge in [-0.05, 0) is 37.8 Å². The first-order valence-corrected chi connectivity index (χ1v) is 7.38. The van der Waals surface area contributed by atoms with Crippen LogP contribution in [0, 0.1) is 5.92 Å². The Morgan fingerprint density at radius 3 is 2.85 bits per heavy atom. The molecule has 5 heteroatoms. The Hall–Kier alpha value is -0.910. The minimum atomic E-state index is -1.84. The van der Waals surface area contributed by atoms with Crippen molar-refractivity contribution in [3.63, 3.8) is 0 Å². The highest BCUT2D eigenvalue weighted by Crippen LogP contribution is 2.29. The molecule has 0 radical (unpaired) electrons. The quantitative estimate of drug-likeness (QED) is 0.574. The molecule has 0 bridgehead atoms. The number of ether oxygens (including phenoxy) is 1. The summed E-state index contributed by atoms with van der Waals surface area (Å²) in [4.78, 5) is 14.5. The lowest BCUT2D eigenvalue weighted by Gasteiger charge is -2.32. The van der Waals surface area contributed by atoms with Crippen LogP contribution in [0.4, 0.5) is 0 Å². The summed E-state index contributed by atoms with van der Waals surface area (Å²) in [6.07, 6.45) is 3.23. The first-order chi connectivity index (χ1) is 9.37. The maximum Gasteiger partial charge on any atom is 0.341 e. The molecular weight excluding hydrogens is 258 g/mol. The molecule has 0 amide bonds. The van der Waals surface area contributed by atoms with E-state index in [9.17, 15) is 15.0 Å². The summed E-state index contributed by atoms with van der Waals surface area (Å²) in [5.41, 5.74) is -0.721. The van der Waals surface area contributed by atoms with Crippen molar-refractivity contribution in [1.82, 2.24) is 4.90 Å². The van der Waals surface area contributed by atoms with E-state index in [1.807, 2.05) is 0 Å². The topological polar surface area (TPSA) is 70.0 Å². The molecule has 0 aromatic rings. The number of carbonyl (C=O) groups is 1. The molecule has 0 unspecified atom stereocenters. The summed E-state index contributed by atoms with van der Waals surface area (Å²) >= 11 is 0. The molecule has 20 heavy (non-hydrogen) atoms. The highest BCUT2D eigenvalue weighted by molar-refractivity contribution is 5.80. The molecule has 5 nitrogen and oxygen atoms in total. The SMILES string of the molecule is CC(C)[C@@](O)(C(=O)OCC1=CCN2CCC[C@@H]12)[C@@H](C)O. The van der Waals surface area contributed by atoms with Gasteiger partial charge in [0.1, 0.15) is 6.61 Å². The zero-order valence-corrected chi connectivity index (χ0v) is 12.5. The van der Waals surface area contributed by atoms with Crippen molar-refractivity contribution in [3.05, 3.63) is 11.6 Å². The highest BCUT2D eigenvalue weighted by Gasteiger charge is 2.46. The third kappa shape index (κ3) is 2.62. The van der Waals surface area contributed by atoms with Crippen LogP contribution in [0.25, 0.3) is 0 Å². The Balaban J connectivity index is 1.95. The Bertz CT molecular complexity index is 395. The van der Waals surface area contributed by atoms with Gasteiger partial charge in [0.2, 0.25) is 0 Å². The third-order valence-electron chi connectivity index (χ3n) is 4.59. The van der Waals surface area contributed by atoms with Gasteiger partial charge in [-0.25, -0.2) is 4.79 Å². The fraction of sp³-hybridized carbons (Fsp3) is 0.800. The van der Waals surface area contributed by atoms with Crippen LogP contribution in [0.2, 0.25) is 0 Å². The number of esters is 1. The Labute approximate surface area is 120 Å². The molecule has 2 N–H and O–H groups in total. The lowest BCUT2D eigenvalue weighted by Crippen LogP contribution is -2.53. The monoisotopic (exact) mass is 283 g/mol. The van der Waals surface area contributed by atoms with Crippen LogP contribution >= 0.6 is 0 Å². The molecule has 0 spiro atoms. The van der Waals surface area contributed by atoms with Gasteiger partial charge >= 0.3 is 5.97 Å². The van der Waals surface area contributed by atoms with Gasteiger partial charge in [0.05, 0.1) is 6.10 Å². The van der Waals surface area contributed by atoms with Crippen molar-refractivity contribution in [2.45, 2.75) is 51.4 Å². The summed E-state index contributed by atoms with van der Waals surface area (Å²) in [6, 6.07) is 0.390. The molecule has 2 aliphatic rings. The van der Waals surface area contributed by atoms with Gasteiger partial charge in [-0.3, -0.25) is 4.90 Å². The summed E-state index contributed by atoms with van der Waals surface area (Å²) in [6.45, 7) is 7.03. The number of fused-ring (bicyclic) bond motifs is 1. The number of rotatable bonds is 5. The Morgan fingerprint density at radius 1 is 1.55 bits per heavy atom. The largest absolute Gasteiger partial charge is 0.459 e. The van der Waals surface area contributed by atoms with Crippen LogP contribution in [0.1, 0.15) is 33.6 Å². The van der Waals surface area contributed by atoms with Crippen molar-refractivity contribution in [1.29, 1.82) is 0 Å². The summed E-state index contributed by atoms with van der Waals surface area (Å²) in [5.74, 6) is -1.14. The molecule has 0 saturated carbocycles. The molecule has 0 aromatic carbocycles. The fourth-order valence-electron chi connectivity index (χ4n) is 3.14. The van der Waals surface area contributed by atoms with E-state index in [2.05, 4.69) is 11.0 Å². The van der Waals surface area contributed by atoms with Gasteiger partial charge in [-0.15, -0.1) is 0 Å². The summed E-state index contributed by atoms with van der Waals surface area (Å²) < 4.78 is 5.28. The molecule has 0 aromatic heterocycles. The van der Waals surface area contributed by atoms with Gasteiger partial charge in [0.15, 0.2) is 5.60 Å². The Kier molecular flexibility index (Phi) is 4.52. The second-order valence-corrected chi connectivity index (χ2v) is 6.16. The van der Waals surface area contributed by atoms with Crippen LogP contribution in [-0.4, -0.2) is 58.5 Å². The second-order valence-electron chi connectivity index (χ2n) is 6.16. The van der Waals surface area contributed by atoms with E-state index in [1.54, 1.807) is 13.8 Å². The number of hydrogen-bond acceptors (Lipinski definition) is 5. The maximum atomic E-state index is 12.1. The van der Waals surface area contributed by atoms with Crippen molar-refractivity contribution >= 4 is 5.97 Å². The Morgan fingerprint density at radius 2 is 2.25 bits per heavy atom. The van der Waals surface area contributed by atoms with Crippen LogP contribution in [-0.2, 0) is 9.53 Å². The van der Waals surface area contributed by atoms with Gasteiger partial charge in [0, 0.05) is 12.6 Å². The second kappa shape index (κ2) is 5.84. The van der Waals surface area contributed by atoms with Crippen molar-refractivity contribution < 1.29 is 19.7 Å². The van der Waals surface area contributed by atoms with Crippen molar-refractivity contribution in [3.8, 4) is 0 Å². The molecule has 1 saturated heterocycles. The van der Waals surface area contributed by atoms with E-state index in [1.165, 1.54) is 13.3 Å². The molecular formula is C15H25NO4. The third-order valence-corrected chi connectivity index (χ3v) is 4.59. The molecule has 2 rings (SSSR count). The first kappa shape index (κ1) is 15.5. The molecule has 1 fully saturated rings. The standard InChI is InChI=1S/C15H25NO4/c1-10(2)15(19,11(3)17)14(18)20-9-12-6-8-16-7-4-5-13(12)16/h6,10-11,13,17,19H,4-5,7-9H2,1-3H3/t11-,13+,15+/m1/s1. The van der Waals surface area contributed by atoms with E-state index in [4.69, 9.17) is 4.74 Å². The smallest absolute Gasteiger partial charge is 0.341 e. The van der Waals surface area contributed by atoms with E-state index in [-0.39, 0.29) is 6.61 Å². The lowest BCUT2D eigenvalue weighted by atomic mass is 9.85. The molecule has 114 valence electrons. The minimum absolute atomic E-state index is 0.210. The van der Waals surface area contributed by atoms with Crippen LogP contribution < -0.4 is 0 Å². The lowest BCUT2D eigenvalue weighted by molar-refractivity contribution is -0.183. The van der Waals surface area contributed by atoms with E-state index < -0.39 is 23.6 Å². The minimum Gasteiger partial charge on any atom is -0.459 e. The predicted octanol–water partition coefficient (Wildman–Crippen LogP) is 0.702. The maximum absolute atomic E-state index is 12.1. The average molecular weight is 283 g/mol. The number of nitrogens with zero attached hydrogens (tertiary/aromatic N) is 1. The number of hydrogen-bond donors (Lipinski definition) is 2. The van der Waals surface area contributed by atoms with Crippen LogP contribution in [0.5, 0.6) is 0 Å².